The molecule has 1 aromatic carbocycles. The van der Waals surface area contributed by atoms with Crippen LogP contribution in [-0.4, -0.2) is 25.3 Å². The Morgan fingerprint density at radius 1 is 1.44 bits per heavy atom. The zero-order valence-corrected chi connectivity index (χ0v) is 11.0. The smallest absolute Gasteiger partial charge is 0.255 e. The Morgan fingerprint density at radius 2 is 2.11 bits per heavy atom. The van der Waals surface area contributed by atoms with E-state index in [1.54, 1.807) is 24.3 Å². The van der Waals surface area contributed by atoms with Gasteiger partial charge in [-0.15, -0.1) is 0 Å². The number of nitrogens with one attached hydrogen (secondary N) is 1. The van der Waals surface area contributed by atoms with E-state index >= 15 is 0 Å². The van der Waals surface area contributed by atoms with Crippen molar-refractivity contribution in [1.82, 2.24) is 5.32 Å². The predicted octanol–water partition coefficient (Wildman–Crippen LogP) is 2.04. The highest BCUT2D eigenvalue weighted by Gasteiger charge is 2.19. The van der Waals surface area contributed by atoms with Gasteiger partial charge in [-0.05, 0) is 18.1 Å². The fourth-order valence-electron chi connectivity index (χ4n) is 1.63. The fourth-order valence-corrected chi connectivity index (χ4v) is 1.63. The Kier molecular flexibility index (Phi) is 5.36. The van der Waals surface area contributed by atoms with Crippen LogP contribution in [0, 0.1) is 5.92 Å². The van der Waals surface area contributed by atoms with E-state index < -0.39 is 6.04 Å². The molecule has 4 nitrogen and oxygen atoms in total. The van der Waals surface area contributed by atoms with E-state index in [1.807, 2.05) is 13.8 Å². The van der Waals surface area contributed by atoms with Crippen LogP contribution in [0.2, 0.25) is 0 Å². The first-order chi connectivity index (χ1) is 8.63. The van der Waals surface area contributed by atoms with Gasteiger partial charge in [0.05, 0.1) is 18.7 Å². The summed E-state index contributed by atoms with van der Waals surface area (Å²) in [5.41, 5.74) is 0.440. The molecular weight excluding hydrogens is 230 g/mol. The molecule has 0 spiro atoms. The molecule has 0 aliphatic carbocycles. The Balaban J connectivity index is 2.84. The van der Waals surface area contributed by atoms with Gasteiger partial charge in [0.1, 0.15) is 12.0 Å². The van der Waals surface area contributed by atoms with Crippen LogP contribution in [0.1, 0.15) is 30.6 Å². The van der Waals surface area contributed by atoms with E-state index in [4.69, 9.17) is 4.74 Å². The van der Waals surface area contributed by atoms with Gasteiger partial charge in [0.25, 0.3) is 5.91 Å². The van der Waals surface area contributed by atoms with Gasteiger partial charge in [-0.1, -0.05) is 32.4 Å². The molecule has 0 bridgehead atoms. The average Bonchev–Trinajstić information content (AvgIpc) is 2.43. The van der Waals surface area contributed by atoms with Gasteiger partial charge in [0, 0.05) is 0 Å². The van der Waals surface area contributed by atoms with E-state index in [1.165, 1.54) is 7.11 Å². The van der Waals surface area contributed by atoms with Gasteiger partial charge in [-0.2, -0.15) is 0 Å². The summed E-state index contributed by atoms with van der Waals surface area (Å²) in [6.07, 6.45) is 1.61. The number of hydrogen-bond acceptors (Lipinski definition) is 3. The molecule has 98 valence electrons. The predicted molar refractivity (Wildman–Crippen MR) is 69.8 cm³/mol. The fraction of sp³-hybridized carbons (Fsp3) is 0.429. The monoisotopic (exact) mass is 249 g/mol. The minimum atomic E-state index is -0.465. The summed E-state index contributed by atoms with van der Waals surface area (Å²) in [4.78, 5) is 23.0. The van der Waals surface area contributed by atoms with Crippen LogP contribution in [0.3, 0.4) is 0 Å². The molecule has 0 saturated heterocycles. The number of ether oxygens (including phenoxy) is 1. The third kappa shape index (κ3) is 3.32. The summed E-state index contributed by atoms with van der Waals surface area (Å²) in [6.45, 7) is 3.91. The second-order valence-electron chi connectivity index (χ2n) is 4.22. The van der Waals surface area contributed by atoms with Crippen molar-refractivity contribution in [3.05, 3.63) is 29.8 Å². The number of aldehydes is 1. The highest BCUT2D eigenvalue weighted by molar-refractivity contribution is 5.98. The lowest BCUT2D eigenvalue weighted by Gasteiger charge is -2.19. The molecule has 1 aromatic rings. The van der Waals surface area contributed by atoms with Crippen LogP contribution in [0.15, 0.2) is 24.3 Å². The molecule has 1 amide bonds. The van der Waals surface area contributed by atoms with E-state index in [0.717, 1.165) is 12.7 Å². The highest BCUT2D eigenvalue weighted by Crippen LogP contribution is 2.17. The molecule has 0 radical (unpaired) electrons. The SMILES string of the molecule is CCC(C)[C@@H](C=O)NC(=O)c1ccccc1OC. The first-order valence-corrected chi connectivity index (χ1v) is 6.03. The Morgan fingerprint density at radius 3 is 2.67 bits per heavy atom. The van der Waals surface area contributed by atoms with E-state index in [2.05, 4.69) is 5.32 Å². The van der Waals surface area contributed by atoms with Gasteiger partial charge in [0.15, 0.2) is 0 Å². The number of rotatable bonds is 6. The summed E-state index contributed by atoms with van der Waals surface area (Å²) in [5.74, 6) is 0.329. The Bertz CT molecular complexity index is 417. The van der Waals surface area contributed by atoms with Gasteiger partial charge < -0.3 is 14.8 Å². The number of carbonyl (C=O) groups is 2. The van der Waals surface area contributed by atoms with Crippen molar-refractivity contribution in [3.8, 4) is 5.75 Å². The minimum absolute atomic E-state index is 0.112. The molecule has 0 aliphatic heterocycles. The summed E-state index contributed by atoms with van der Waals surface area (Å²) in [7, 11) is 1.51. The zero-order valence-electron chi connectivity index (χ0n) is 11.0. The van der Waals surface area contributed by atoms with Gasteiger partial charge in [-0.3, -0.25) is 4.79 Å². The van der Waals surface area contributed by atoms with Crippen LogP contribution in [0.25, 0.3) is 0 Å². The number of amides is 1. The van der Waals surface area contributed by atoms with E-state index in [-0.39, 0.29) is 11.8 Å². The molecule has 0 aliphatic rings. The third-order valence-corrected chi connectivity index (χ3v) is 3.05. The second kappa shape index (κ2) is 6.79. The van der Waals surface area contributed by atoms with Crippen molar-refractivity contribution in [2.24, 2.45) is 5.92 Å². The zero-order chi connectivity index (χ0) is 13.5. The molecule has 0 aromatic heterocycles. The van der Waals surface area contributed by atoms with Gasteiger partial charge >= 0.3 is 0 Å². The maximum Gasteiger partial charge on any atom is 0.255 e. The molecule has 0 heterocycles. The standard InChI is InChI=1S/C14H19NO3/c1-4-10(2)12(9-16)15-14(17)11-7-5-6-8-13(11)18-3/h5-10,12H,4H2,1-3H3,(H,15,17)/t10?,12-/m1/s1. The van der Waals surface area contributed by atoms with E-state index in [9.17, 15) is 9.59 Å². The quantitative estimate of drug-likeness (QED) is 0.785. The third-order valence-electron chi connectivity index (χ3n) is 3.05. The van der Waals surface area contributed by atoms with Crippen LogP contribution in [0.4, 0.5) is 0 Å². The normalized spacial score (nSPS) is 13.5. The summed E-state index contributed by atoms with van der Waals surface area (Å²) < 4.78 is 5.12. The number of hydrogen-bond donors (Lipinski definition) is 1. The lowest BCUT2D eigenvalue weighted by molar-refractivity contribution is -0.110. The molecule has 1 rings (SSSR count). The van der Waals surface area contributed by atoms with Crippen molar-refractivity contribution in [2.45, 2.75) is 26.3 Å². The molecule has 18 heavy (non-hydrogen) atoms. The number of benzene rings is 1. The molecule has 1 unspecified atom stereocenters. The summed E-state index contributed by atoms with van der Waals surface area (Å²) >= 11 is 0. The molecule has 4 heteroatoms. The summed E-state index contributed by atoms with van der Waals surface area (Å²) in [5, 5.41) is 2.72. The Hall–Kier alpha value is -1.84. The average molecular weight is 249 g/mol. The van der Waals surface area contributed by atoms with Crippen LogP contribution < -0.4 is 10.1 Å². The van der Waals surface area contributed by atoms with Crippen molar-refractivity contribution >= 4 is 12.2 Å². The minimum Gasteiger partial charge on any atom is -0.496 e. The largest absolute Gasteiger partial charge is 0.496 e. The van der Waals surface area contributed by atoms with Crippen LogP contribution >= 0.6 is 0 Å². The number of methoxy groups -OCH3 is 1. The molecule has 2 atom stereocenters. The maximum atomic E-state index is 12.1. The maximum absolute atomic E-state index is 12.1. The number of para-hydroxylation sites is 1. The topological polar surface area (TPSA) is 55.4 Å². The van der Waals surface area contributed by atoms with Crippen molar-refractivity contribution in [2.75, 3.05) is 7.11 Å². The molecule has 0 fully saturated rings. The summed E-state index contributed by atoms with van der Waals surface area (Å²) in [6, 6.07) is 6.48. The molecular formula is C14H19NO3. The first kappa shape index (κ1) is 14.2. The van der Waals surface area contributed by atoms with Crippen molar-refractivity contribution in [3.63, 3.8) is 0 Å². The Labute approximate surface area is 107 Å². The first-order valence-electron chi connectivity index (χ1n) is 6.03. The molecule has 1 N–H and O–H groups in total. The number of carbonyl (C=O) groups excluding carboxylic acids is 2. The van der Waals surface area contributed by atoms with Gasteiger partial charge in [-0.25, -0.2) is 0 Å². The van der Waals surface area contributed by atoms with Crippen molar-refractivity contribution < 1.29 is 14.3 Å². The lowest BCUT2D eigenvalue weighted by atomic mass is 10.00. The molecule has 0 saturated carbocycles. The van der Waals surface area contributed by atoms with Crippen LogP contribution in [-0.2, 0) is 4.79 Å². The second-order valence-corrected chi connectivity index (χ2v) is 4.22. The van der Waals surface area contributed by atoms with Crippen LogP contribution in [0.5, 0.6) is 5.75 Å². The highest BCUT2D eigenvalue weighted by atomic mass is 16.5. The van der Waals surface area contributed by atoms with E-state index in [0.29, 0.717) is 11.3 Å². The lowest BCUT2D eigenvalue weighted by Crippen LogP contribution is -2.40. The van der Waals surface area contributed by atoms with Crippen molar-refractivity contribution in [1.29, 1.82) is 0 Å². The van der Waals surface area contributed by atoms with Gasteiger partial charge in [0.2, 0.25) is 0 Å².